The number of para-hydroxylation sites is 2. The van der Waals surface area contributed by atoms with E-state index in [1.165, 1.54) is 43.7 Å². The van der Waals surface area contributed by atoms with E-state index in [0.29, 0.717) is 31.2 Å². The number of aryl methyl sites for hydroxylation is 1. The van der Waals surface area contributed by atoms with Crippen LogP contribution in [-0.4, -0.2) is 80.1 Å². The molecule has 1 aromatic heterocycles. The van der Waals surface area contributed by atoms with E-state index in [2.05, 4.69) is 76.3 Å². The average molecular weight is 572 g/mol. The van der Waals surface area contributed by atoms with Crippen LogP contribution in [0.15, 0.2) is 54.6 Å². The van der Waals surface area contributed by atoms with Gasteiger partial charge in [0, 0.05) is 38.1 Å². The highest BCUT2D eigenvalue weighted by molar-refractivity contribution is 5.87. The molecule has 8 nitrogen and oxygen atoms in total. The quantitative estimate of drug-likeness (QED) is 0.420. The minimum absolute atomic E-state index is 0.000200. The average Bonchev–Trinajstić information content (AvgIpc) is 3.45. The Morgan fingerprint density at radius 3 is 2.29 bits per heavy atom. The lowest BCUT2D eigenvalue weighted by molar-refractivity contribution is -0.140. The van der Waals surface area contributed by atoms with Gasteiger partial charge in [-0.1, -0.05) is 42.5 Å². The summed E-state index contributed by atoms with van der Waals surface area (Å²) < 4.78 is 2.50. The second-order valence-corrected chi connectivity index (χ2v) is 12.9. The lowest BCUT2D eigenvalue weighted by atomic mass is 9.70. The number of rotatable bonds is 8. The molecule has 3 saturated heterocycles. The van der Waals surface area contributed by atoms with Crippen molar-refractivity contribution in [1.29, 1.82) is 0 Å². The third-order valence-corrected chi connectivity index (χ3v) is 10.4. The highest BCUT2D eigenvalue weighted by Gasteiger charge is 2.44. The SMILES string of the molecule is CC(=O)NC(C(=O)N1CCC(CCN2C3CCC2CC(n2c(C)nc4ccccc42)C3)(c2ccccc2)CC1)C(C)O. The van der Waals surface area contributed by atoms with E-state index in [1.54, 1.807) is 6.92 Å². The third-order valence-electron chi connectivity index (χ3n) is 10.4. The van der Waals surface area contributed by atoms with Gasteiger partial charge >= 0.3 is 0 Å². The van der Waals surface area contributed by atoms with Crippen LogP contribution >= 0.6 is 0 Å². The Balaban J connectivity index is 1.15. The van der Waals surface area contributed by atoms with Gasteiger partial charge in [0.05, 0.1) is 17.1 Å². The lowest BCUT2D eigenvalue weighted by Crippen LogP contribution is -2.56. The summed E-state index contributed by atoms with van der Waals surface area (Å²) in [6.07, 6.45) is 6.74. The molecule has 0 radical (unpaired) electrons. The van der Waals surface area contributed by atoms with Crippen molar-refractivity contribution in [2.24, 2.45) is 0 Å². The Hall–Kier alpha value is -3.23. The minimum atomic E-state index is -0.940. The van der Waals surface area contributed by atoms with Crippen molar-refractivity contribution in [3.8, 4) is 0 Å². The van der Waals surface area contributed by atoms with E-state index in [0.717, 1.165) is 37.1 Å². The first-order chi connectivity index (χ1) is 20.3. The monoisotopic (exact) mass is 571 g/mol. The number of carbonyl (C=O) groups is 2. The van der Waals surface area contributed by atoms with E-state index < -0.39 is 12.1 Å². The number of amides is 2. The largest absolute Gasteiger partial charge is 0.391 e. The van der Waals surface area contributed by atoms with E-state index in [9.17, 15) is 14.7 Å². The van der Waals surface area contributed by atoms with Crippen LogP contribution in [0.3, 0.4) is 0 Å². The molecule has 42 heavy (non-hydrogen) atoms. The molecule has 3 aliphatic heterocycles. The van der Waals surface area contributed by atoms with Crippen LogP contribution in [0.5, 0.6) is 0 Å². The summed E-state index contributed by atoms with van der Waals surface area (Å²) in [6, 6.07) is 20.1. The first kappa shape index (κ1) is 28.9. The molecule has 0 saturated carbocycles. The Bertz CT molecular complexity index is 1400. The third kappa shape index (κ3) is 5.47. The standard InChI is InChI=1S/C34H45N5O3/c1-23(40)32(36-25(3)41)33(42)37-18-15-34(16-19-37,26-9-5-4-6-10-26)17-20-38-27-13-14-28(38)22-29(21-27)39-24(2)35-30-11-7-8-12-31(30)39/h4-12,23,27-29,32,40H,13-22H2,1-3H3,(H,36,41). The number of carbonyl (C=O) groups excluding carboxylic acids is 2. The van der Waals surface area contributed by atoms with Crippen molar-refractivity contribution in [1.82, 2.24) is 24.7 Å². The van der Waals surface area contributed by atoms with Crippen molar-refractivity contribution < 1.29 is 14.7 Å². The normalized spacial score (nSPS) is 25.3. The first-order valence-corrected chi connectivity index (χ1v) is 15.7. The number of nitrogens with one attached hydrogen (secondary N) is 1. The Morgan fingerprint density at radius 1 is 1.00 bits per heavy atom. The van der Waals surface area contributed by atoms with Crippen molar-refractivity contribution in [3.63, 3.8) is 0 Å². The molecular formula is C34H45N5O3. The zero-order valence-corrected chi connectivity index (χ0v) is 25.2. The predicted molar refractivity (Wildman–Crippen MR) is 164 cm³/mol. The zero-order valence-electron chi connectivity index (χ0n) is 25.2. The number of piperidine rings is 2. The van der Waals surface area contributed by atoms with Gasteiger partial charge in [-0.05, 0) is 88.4 Å². The van der Waals surface area contributed by atoms with Crippen LogP contribution in [0.2, 0.25) is 0 Å². The molecule has 3 aromatic rings. The highest BCUT2D eigenvalue weighted by atomic mass is 16.3. The number of hydrogen-bond acceptors (Lipinski definition) is 5. The fourth-order valence-corrected chi connectivity index (χ4v) is 8.22. The summed E-state index contributed by atoms with van der Waals surface area (Å²) in [6.45, 7) is 7.40. The van der Waals surface area contributed by atoms with Crippen LogP contribution in [0.25, 0.3) is 11.0 Å². The molecule has 2 N–H and O–H groups in total. The molecule has 3 fully saturated rings. The molecule has 224 valence electrons. The molecular weight excluding hydrogens is 526 g/mol. The summed E-state index contributed by atoms with van der Waals surface area (Å²) >= 11 is 0. The van der Waals surface area contributed by atoms with E-state index in [-0.39, 0.29) is 17.2 Å². The summed E-state index contributed by atoms with van der Waals surface area (Å²) in [5.74, 6) is 0.624. The van der Waals surface area contributed by atoms with Gasteiger partial charge in [-0.25, -0.2) is 4.98 Å². The van der Waals surface area contributed by atoms with Crippen LogP contribution in [0, 0.1) is 6.92 Å². The van der Waals surface area contributed by atoms with Crippen LogP contribution < -0.4 is 5.32 Å². The minimum Gasteiger partial charge on any atom is -0.391 e. The molecule has 0 spiro atoms. The van der Waals surface area contributed by atoms with Crippen molar-refractivity contribution in [2.45, 2.75) is 101 Å². The Labute approximate surface area is 249 Å². The van der Waals surface area contributed by atoms with Gasteiger partial charge in [0.1, 0.15) is 11.9 Å². The molecule has 6 rings (SSSR count). The highest BCUT2D eigenvalue weighted by Crippen LogP contribution is 2.45. The number of aromatic nitrogens is 2. The first-order valence-electron chi connectivity index (χ1n) is 15.7. The van der Waals surface area contributed by atoms with E-state index in [4.69, 9.17) is 4.98 Å². The maximum absolute atomic E-state index is 13.3. The van der Waals surface area contributed by atoms with Crippen LogP contribution in [0.1, 0.15) is 76.2 Å². The number of fused-ring (bicyclic) bond motifs is 3. The molecule has 3 aliphatic rings. The lowest BCUT2D eigenvalue weighted by Gasteiger charge is -2.46. The van der Waals surface area contributed by atoms with Crippen LogP contribution in [-0.2, 0) is 15.0 Å². The Morgan fingerprint density at radius 2 is 1.64 bits per heavy atom. The molecule has 2 amide bonds. The van der Waals surface area contributed by atoms with Crippen LogP contribution in [0.4, 0.5) is 0 Å². The van der Waals surface area contributed by atoms with Crippen molar-refractivity contribution in [3.05, 3.63) is 66.0 Å². The van der Waals surface area contributed by atoms with Gasteiger partial charge in [0.15, 0.2) is 0 Å². The van der Waals surface area contributed by atoms with Gasteiger partial charge in [-0.3, -0.25) is 14.5 Å². The van der Waals surface area contributed by atoms with Gasteiger partial charge < -0.3 is 19.9 Å². The molecule has 2 bridgehead atoms. The van der Waals surface area contributed by atoms with Gasteiger partial charge in [-0.15, -0.1) is 0 Å². The van der Waals surface area contributed by atoms with Gasteiger partial charge in [0.2, 0.25) is 11.8 Å². The summed E-state index contributed by atoms with van der Waals surface area (Å²) in [4.78, 5) is 34.5. The second-order valence-electron chi connectivity index (χ2n) is 12.9. The molecule has 2 aromatic carbocycles. The molecule has 4 heterocycles. The smallest absolute Gasteiger partial charge is 0.247 e. The number of likely N-dealkylation sites (tertiary alicyclic amines) is 1. The Kier molecular flexibility index (Phi) is 8.11. The zero-order chi connectivity index (χ0) is 29.4. The summed E-state index contributed by atoms with van der Waals surface area (Å²) in [7, 11) is 0. The number of benzene rings is 2. The molecule has 4 atom stereocenters. The number of aliphatic hydroxyl groups excluding tert-OH is 1. The fraction of sp³-hybridized carbons (Fsp3) is 0.559. The second kappa shape index (κ2) is 11.8. The molecule has 0 aliphatic carbocycles. The maximum atomic E-state index is 13.3. The predicted octanol–water partition coefficient (Wildman–Crippen LogP) is 4.35. The summed E-state index contributed by atoms with van der Waals surface area (Å²) in [5.41, 5.74) is 3.71. The molecule has 8 heteroatoms. The van der Waals surface area contributed by atoms with Crippen molar-refractivity contribution >= 4 is 22.8 Å². The number of imidazole rings is 1. The number of hydrogen-bond donors (Lipinski definition) is 2. The van der Waals surface area contributed by atoms with Gasteiger partial charge in [0.25, 0.3) is 0 Å². The maximum Gasteiger partial charge on any atom is 0.247 e. The van der Waals surface area contributed by atoms with E-state index in [1.807, 2.05) is 4.90 Å². The fourth-order valence-electron chi connectivity index (χ4n) is 8.22. The topological polar surface area (TPSA) is 90.7 Å². The van der Waals surface area contributed by atoms with Crippen molar-refractivity contribution in [2.75, 3.05) is 19.6 Å². The summed E-state index contributed by atoms with van der Waals surface area (Å²) in [5, 5.41) is 12.8. The number of aliphatic hydroxyl groups is 1. The number of nitrogens with zero attached hydrogens (tertiary/aromatic N) is 4. The van der Waals surface area contributed by atoms with E-state index >= 15 is 0 Å². The van der Waals surface area contributed by atoms with Gasteiger partial charge in [-0.2, -0.15) is 0 Å². The molecule has 4 unspecified atom stereocenters.